The minimum absolute atomic E-state index is 0.405. The summed E-state index contributed by atoms with van der Waals surface area (Å²) in [5.74, 6) is -1.42. The molecule has 20 heavy (non-hydrogen) atoms. The van der Waals surface area contributed by atoms with Gasteiger partial charge in [-0.1, -0.05) is 0 Å². The van der Waals surface area contributed by atoms with Gasteiger partial charge in [0.2, 0.25) is 0 Å². The molecule has 0 bridgehead atoms. The smallest absolute Gasteiger partial charge is 0.417 e. The first-order chi connectivity index (χ1) is 8.93. The maximum absolute atomic E-state index is 12.7. The first-order valence-electron chi connectivity index (χ1n) is 4.86. The SMILES string of the molecule is O=C(O)CNc1cc(C(F)(F)F)c(Br)c(C(F)(F)F)c1. The predicted molar refractivity (Wildman–Crippen MR) is 60.3 cm³/mol. The van der Waals surface area contributed by atoms with Crippen molar-refractivity contribution in [2.24, 2.45) is 0 Å². The van der Waals surface area contributed by atoms with Crippen LogP contribution in [0.1, 0.15) is 11.1 Å². The predicted octanol–water partition coefficient (Wildman–Crippen LogP) is 3.98. The second-order valence-electron chi connectivity index (χ2n) is 3.63. The van der Waals surface area contributed by atoms with Gasteiger partial charge in [0.15, 0.2) is 0 Å². The number of hydrogen-bond acceptors (Lipinski definition) is 2. The molecular formula is C10H6BrF6NO2. The molecule has 0 atom stereocenters. The van der Waals surface area contributed by atoms with Crippen molar-refractivity contribution in [2.45, 2.75) is 12.4 Å². The van der Waals surface area contributed by atoms with Crippen LogP contribution in [0.25, 0.3) is 0 Å². The lowest BCUT2D eigenvalue weighted by Gasteiger charge is -2.17. The van der Waals surface area contributed by atoms with Gasteiger partial charge in [0.1, 0.15) is 6.54 Å². The summed E-state index contributed by atoms with van der Waals surface area (Å²) in [4.78, 5) is 10.3. The zero-order chi connectivity index (χ0) is 15.7. The fourth-order valence-corrected chi connectivity index (χ4v) is 2.00. The molecule has 112 valence electrons. The zero-order valence-electron chi connectivity index (χ0n) is 9.36. The second kappa shape index (κ2) is 5.51. The molecular weight excluding hydrogens is 360 g/mol. The molecule has 0 aliphatic rings. The molecule has 0 amide bonds. The lowest BCUT2D eigenvalue weighted by atomic mass is 10.1. The van der Waals surface area contributed by atoms with Crippen molar-refractivity contribution in [3.05, 3.63) is 27.7 Å². The quantitative estimate of drug-likeness (QED) is 0.796. The summed E-state index contributed by atoms with van der Waals surface area (Å²) < 4.78 is 74.8. The lowest BCUT2D eigenvalue weighted by Crippen LogP contribution is -2.16. The summed E-state index contributed by atoms with van der Waals surface area (Å²) >= 11 is 2.28. The third-order valence-corrected chi connectivity index (χ3v) is 2.98. The minimum Gasteiger partial charge on any atom is -0.480 e. The Morgan fingerprint density at radius 1 is 1.10 bits per heavy atom. The van der Waals surface area contributed by atoms with Crippen molar-refractivity contribution >= 4 is 27.6 Å². The molecule has 0 aromatic heterocycles. The molecule has 0 fully saturated rings. The Morgan fingerprint density at radius 2 is 1.50 bits per heavy atom. The highest BCUT2D eigenvalue weighted by molar-refractivity contribution is 9.10. The normalized spacial score (nSPS) is 12.3. The number of nitrogens with one attached hydrogen (secondary N) is 1. The fourth-order valence-electron chi connectivity index (χ4n) is 1.32. The van der Waals surface area contributed by atoms with Gasteiger partial charge in [0, 0.05) is 10.2 Å². The highest BCUT2D eigenvalue weighted by atomic mass is 79.9. The van der Waals surface area contributed by atoms with Crippen LogP contribution in [0.3, 0.4) is 0 Å². The van der Waals surface area contributed by atoms with Gasteiger partial charge in [0.05, 0.1) is 11.1 Å². The van der Waals surface area contributed by atoms with Crippen LogP contribution in [-0.4, -0.2) is 17.6 Å². The number of carboxylic acids is 1. The molecule has 0 aliphatic carbocycles. The summed E-state index contributed by atoms with van der Waals surface area (Å²) in [5.41, 5.74) is -3.67. The van der Waals surface area contributed by atoms with E-state index < -0.39 is 46.2 Å². The van der Waals surface area contributed by atoms with E-state index in [-0.39, 0.29) is 0 Å². The van der Waals surface area contributed by atoms with Gasteiger partial charge in [-0.15, -0.1) is 0 Å². The van der Waals surface area contributed by atoms with E-state index in [9.17, 15) is 31.1 Å². The van der Waals surface area contributed by atoms with E-state index in [1.807, 2.05) is 5.32 Å². The molecule has 0 spiro atoms. The third kappa shape index (κ3) is 4.02. The Morgan fingerprint density at radius 3 is 1.80 bits per heavy atom. The molecule has 1 rings (SSSR count). The van der Waals surface area contributed by atoms with E-state index in [0.29, 0.717) is 12.1 Å². The van der Waals surface area contributed by atoms with Crippen LogP contribution in [-0.2, 0) is 17.1 Å². The minimum atomic E-state index is -5.01. The van der Waals surface area contributed by atoms with Crippen LogP contribution < -0.4 is 5.32 Å². The summed E-state index contributed by atoms with van der Waals surface area (Å²) in [6.45, 7) is -0.809. The number of benzene rings is 1. The molecule has 1 aromatic rings. The number of aliphatic carboxylic acids is 1. The van der Waals surface area contributed by atoms with Crippen LogP contribution in [0.15, 0.2) is 16.6 Å². The number of carbonyl (C=O) groups is 1. The van der Waals surface area contributed by atoms with Gasteiger partial charge in [-0.25, -0.2) is 0 Å². The standard InChI is InChI=1S/C10H6BrF6NO2/c11-8-5(9(12,13)14)1-4(18-3-7(19)20)2-6(8)10(15,16)17/h1-2,18H,3H2,(H,19,20). The van der Waals surface area contributed by atoms with Crippen molar-refractivity contribution in [2.75, 3.05) is 11.9 Å². The fraction of sp³-hybridized carbons (Fsp3) is 0.300. The number of anilines is 1. The Hall–Kier alpha value is -1.45. The number of carboxylic acid groups (broad SMARTS) is 1. The summed E-state index contributed by atoms with van der Waals surface area (Å²) in [5, 5.41) is 10.3. The number of halogens is 7. The second-order valence-corrected chi connectivity index (χ2v) is 4.42. The van der Waals surface area contributed by atoms with Crippen molar-refractivity contribution in [3.8, 4) is 0 Å². The van der Waals surface area contributed by atoms with E-state index in [1.54, 1.807) is 0 Å². The first-order valence-corrected chi connectivity index (χ1v) is 5.66. The Labute approximate surface area is 116 Å². The van der Waals surface area contributed by atoms with Crippen molar-refractivity contribution in [1.82, 2.24) is 0 Å². The maximum atomic E-state index is 12.7. The van der Waals surface area contributed by atoms with E-state index in [1.165, 1.54) is 0 Å². The van der Waals surface area contributed by atoms with E-state index >= 15 is 0 Å². The Bertz CT molecular complexity index is 490. The number of rotatable bonds is 3. The van der Waals surface area contributed by atoms with E-state index in [0.717, 1.165) is 0 Å². The zero-order valence-corrected chi connectivity index (χ0v) is 10.9. The first kappa shape index (κ1) is 16.6. The lowest BCUT2D eigenvalue weighted by molar-refractivity contribution is -0.144. The molecule has 2 N–H and O–H groups in total. The number of alkyl halides is 6. The van der Waals surface area contributed by atoms with Gasteiger partial charge in [-0.2, -0.15) is 26.3 Å². The van der Waals surface area contributed by atoms with Gasteiger partial charge in [-0.05, 0) is 28.1 Å². The largest absolute Gasteiger partial charge is 0.480 e. The van der Waals surface area contributed by atoms with Crippen LogP contribution >= 0.6 is 15.9 Å². The number of hydrogen-bond donors (Lipinski definition) is 2. The van der Waals surface area contributed by atoms with E-state index in [4.69, 9.17) is 5.11 Å². The van der Waals surface area contributed by atoms with Crippen molar-refractivity contribution in [1.29, 1.82) is 0 Å². The molecule has 0 unspecified atom stereocenters. The monoisotopic (exact) mass is 365 g/mol. The maximum Gasteiger partial charge on any atom is 0.417 e. The van der Waals surface area contributed by atoms with Crippen LogP contribution in [0.2, 0.25) is 0 Å². The van der Waals surface area contributed by atoms with Gasteiger partial charge in [0.25, 0.3) is 0 Å². The molecule has 3 nitrogen and oxygen atoms in total. The molecule has 1 aromatic carbocycles. The summed E-state index contributed by atoms with van der Waals surface area (Å²) in [7, 11) is 0. The molecule has 10 heteroatoms. The molecule has 0 saturated heterocycles. The van der Waals surface area contributed by atoms with Crippen LogP contribution in [0.5, 0.6) is 0 Å². The van der Waals surface area contributed by atoms with E-state index in [2.05, 4.69) is 15.9 Å². The average molecular weight is 366 g/mol. The van der Waals surface area contributed by atoms with Crippen molar-refractivity contribution in [3.63, 3.8) is 0 Å². The third-order valence-electron chi connectivity index (χ3n) is 2.13. The van der Waals surface area contributed by atoms with Crippen molar-refractivity contribution < 1.29 is 36.2 Å². The topological polar surface area (TPSA) is 49.3 Å². The highest BCUT2D eigenvalue weighted by Gasteiger charge is 2.40. The summed E-state index contributed by atoms with van der Waals surface area (Å²) in [6.07, 6.45) is -10.0. The Balaban J connectivity index is 3.38. The van der Waals surface area contributed by atoms with Crippen LogP contribution in [0.4, 0.5) is 32.0 Å². The highest BCUT2D eigenvalue weighted by Crippen LogP contribution is 2.44. The molecule has 0 aliphatic heterocycles. The molecule has 0 heterocycles. The molecule has 0 radical (unpaired) electrons. The summed E-state index contributed by atoms with van der Waals surface area (Å²) in [6, 6.07) is 0.810. The van der Waals surface area contributed by atoms with Gasteiger partial charge in [-0.3, -0.25) is 4.79 Å². The molecule has 0 saturated carbocycles. The van der Waals surface area contributed by atoms with Gasteiger partial charge >= 0.3 is 18.3 Å². The van der Waals surface area contributed by atoms with Gasteiger partial charge < -0.3 is 10.4 Å². The average Bonchev–Trinajstić information content (AvgIpc) is 2.24. The van der Waals surface area contributed by atoms with Crippen LogP contribution in [0, 0.1) is 0 Å². The Kier molecular flexibility index (Phi) is 4.57.